The van der Waals surface area contributed by atoms with Crippen LogP contribution in [0, 0.1) is 6.61 Å². The maximum atomic E-state index is 11.0. The third-order valence-electron chi connectivity index (χ3n) is 1.39. The molecule has 1 radical (unpaired) electrons. The van der Waals surface area contributed by atoms with Gasteiger partial charge < -0.3 is 10.1 Å². The minimum Gasteiger partial charge on any atom is -0.477 e. The first-order valence-corrected chi connectivity index (χ1v) is 3.18. The van der Waals surface area contributed by atoms with E-state index in [-0.39, 0.29) is 11.3 Å². The summed E-state index contributed by atoms with van der Waals surface area (Å²) in [6.07, 6.45) is 1.52. The molecule has 0 amide bonds. The van der Waals surface area contributed by atoms with E-state index in [1.54, 1.807) is 0 Å². The highest BCUT2D eigenvalue weighted by Crippen LogP contribution is 2.20. The van der Waals surface area contributed by atoms with Crippen molar-refractivity contribution in [3.05, 3.63) is 23.2 Å². The van der Waals surface area contributed by atoms with Crippen LogP contribution in [0.5, 0.6) is 5.75 Å². The Balaban J connectivity index is 2.58. The lowest BCUT2D eigenvalue weighted by molar-refractivity contribution is 0.392. The van der Waals surface area contributed by atoms with Crippen LogP contribution in [0.1, 0.15) is 0 Å². The lowest BCUT2D eigenvalue weighted by atomic mass is 10.4. The van der Waals surface area contributed by atoms with Crippen molar-refractivity contribution >= 4 is 5.69 Å². The summed E-state index contributed by atoms with van der Waals surface area (Å²) in [5, 5.41) is 8.81. The molecule has 1 aromatic rings. The summed E-state index contributed by atoms with van der Waals surface area (Å²) in [7, 11) is 0. The van der Waals surface area contributed by atoms with Gasteiger partial charge in [0.25, 0.3) is 0 Å². The summed E-state index contributed by atoms with van der Waals surface area (Å²) in [5.41, 5.74) is 0.321. The van der Waals surface area contributed by atoms with Gasteiger partial charge in [0.1, 0.15) is 5.69 Å². The largest absolute Gasteiger partial charge is 0.477 e. The first kappa shape index (κ1) is 6.21. The molecule has 57 valence electrons. The van der Waals surface area contributed by atoms with E-state index in [0.29, 0.717) is 12.2 Å². The molecule has 0 saturated heterocycles. The lowest BCUT2D eigenvalue weighted by Gasteiger charge is -2.15. The summed E-state index contributed by atoms with van der Waals surface area (Å²) in [6, 6.07) is 0. The number of rotatable bonds is 0. The van der Waals surface area contributed by atoms with Gasteiger partial charge in [-0.3, -0.25) is 4.79 Å². The van der Waals surface area contributed by atoms with Gasteiger partial charge in [0.2, 0.25) is 5.75 Å². The van der Waals surface area contributed by atoms with E-state index in [0.717, 1.165) is 0 Å². The van der Waals surface area contributed by atoms with Crippen molar-refractivity contribution < 1.29 is 4.74 Å². The highest BCUT2D eigenvalue weighted by atomic mass is 16.5. The lowest BCUT2D eigenvalue weighted by Crippen LogP contribution is -2.21. The Morgan fingerprint density at radius 2 is 2.55 bits per heavy atom. The van der Waals surface area contributed by atoms with E-state index >= 15 is 0 Å². The third kappa shape index (κ3) is 0.938. The van der Waals surface area contributed by atoms with Crippen LogP contribution >= 0.6 is 0 Å². The second-order valence-electron chi connectivity index (χ2n) is 2.11. The fraction of sp³-hybridized carbons (Fsp3) is 0.167. The Kier molecular flexibility index (Phi) is 1.28. The number of aromatic nitrogens is 2. The summed E-state index contributed by atoms with van der Waals surface area (Å²) >= 11 is 0. The number of hydrogen-bond donors (Lipinski definition) is 2. The second kappa shape index (κ2) is 2.26. The summed E-state index contributed by atoms with van der Waals surface area (Å²) < 4.78 is 4.98. The van der Waals surface area contributed by atoms with E-state index in [9.17, 15) is 4.79 Å². The number of anilines is 1. The fourth-order valence-corrected chi connectivity index (χ4v) is 0.907. The molecule has 0 bridgehead atoms. The first-order valence-electron chi connectivity index (χ1n) is 3.18. The minimum atomic E-state index is -0.314. The monoisotopic (exact) mass is 152 g/mol. The first-order chi connectivity index (χ1) is 5.38. The Labute approximate surface area is 62.4 Å². The normalized spacial score (nSPS) is 14.5. The Morgan fingerprint density at radius 1 is 1.64 bits per heavy atom. The molecule has 1 aromatic heterocycles. The van der Waals surface area contributed by atoms with Crippen LogP contribution in [-0.2, 0) is 0 Å². The number of H-pyrrole nitrogens is 1. The van der Waals surface area contributed by atoms with E-state index < -0.39 is 0 Å². The van der Waals surface area contributed by atoms with Crippen LogP contribution in [0.3, 0.4) is 0 Å². The molecule has 0 aromatic carbocycles. The number of nitrogens with one attached hydrogen (secondary N) is 2. The Morgan fingerprint density at radius 3 is 3.36 bits per heavy atom. The predicted molar refractivity (Wildman–Crippen MR) is 38.3 cm³/mol. The molecule has 2 rings (SSSR count). The molecule has 0 unspecified atom stereocenters. The van der Waals surface area contributed by atoms with E-state index in [1.165, 1.54) is 12.8 Å². The van der Waals surface area contributed by atoms with Crippen molar-refractivity contribution in [2.75, 3.05) is 11.9 Å². The summed E-state index contributed by atoms with van der Waals surface area (Å²) in [5.74, 6) is 0.284. The van der Waals surface area contributed by atoms with Crippen molar-refractivity contribution in [1.82, 2.24) is 10.2 Å². The highest BCUT2D eigenvalue weighted by Gasteiger charge is 2.12. The number of aromatic amines is 1. The zero-order valence-electron chi connectivity index (χ0n) is 5.63. The third-order valence-corrected chi connectivity index (χ3v) is 1.39. The second-order valence-corrected chi connectivity index (χ2v) is 2.11. The van der Waals surface area contributed by atoms with Gasteiger partial charge in [-0.2, -0.15) is 5.10 Å². The van der Waals surface area contributed by atoms with Crippen molar-refractivity contribution in [2.45, 2.75) is 0 Å². The summed E-state index contributed by atoms with van der Waals surface area (Å²) in [6.45, 7) is 2.12. The van der Waals surface area contributed by atoms with E-state index in [2.05, 4.69) is 15.5 Å². The zero-order valence-corrected chi connectivity index (χ0v) is 5.63. The van der Waals surface area contributed by atoms with Gasteiger partial charge in [-0.1, -0.05) is 0 Å². The SMILES string of the molecule is O=c1[nH]ncc2c1O[CH]CN2. The number of nitrogens with zero attached hydrogens (tertiary/aromatic N) is 1. The molecule has 11 heavy (non-hydrogen) atoms. The number of ether oxygens (including phenoxy) is 1. The molecule has 2 N–H and O–H groups in total. The smallest absolute Gasteiger partial charge is 0.308 e. The van der Waals surface area contributed by atoms with Crippen LogP contribution < -0.4 is 15.6 Å². The van der Waals surface area contributed by atoms with Gasteiger partial charge in [0.05, 0.1) is 12.7 Å². The van der Waals surface area contributed by atoms with Crippen LogP contribution in [0.15, 0.2) is 11.0 Å². The predicted octanol–water partition coefficient (Wildman–Crippen LogP) is -0.264. The van der Waals surface area contributed by atoms with Gasteiger partial charge in [-0.25, -0.2) is 5.10 Å². The topological polar surface area (TPSA) is 67.0 Å². The van der Waals surface area contributed by atoms with Crippen molar-refractivity contribution in [1.29, 1.82) is 0 Å². The molecule has 0 fully saturated rings. The molecule has 0 saturated carbocycles. The minimum absolute atomic E-state index is 0.284. The molecular formula is C6H6N3O2. The molecule has 2 heterocycles. The molecular weight excluding hydrogens is 146 g/mol. The average molecular weight is 152 g/mol. The van der Waals surface area contributed by atoms with Gasteiger partial charge in [-0.15, -0.1) is 0 Å². The fourth-order valence-electron chi connectivity index (χ4n) is 0.907. The molecule has 0 atom stereocenters. The maximum Gasteiger partial charge on any atom is 0.308 e. The van der Waals surface area contributed by atoms with Crippen LogP contribution in [-0.4, -0.2) is 16.7 Å². The van der Waals surface area contributed by atoms with Gasteiger partial charge in [0, 0.05) is 0 Å². The Bertz CT molecular complexity index is 320. The van der Waals surface area contributed by atoms with Gasteiger partial charge in [0.15, 0.2) is 6.61 Å². The van der Waals surface area contributed by atoms with Crippen LogP contribution in [0.4, 0.5) is 5.69 Å². The number of fused-ring (bicyclic) bond motifs is 1. The molecule has 5 nitrogen and oxygen atoms in total. The quantitative estimate of drug-likeness (QED) is 0.537. The molecule has 5 heteroatoms. The van der Waals surface area contributed by atoms with Crippen LogP contribution in [0.2, 0.25) is 0 Å². The molecule has 0 spiro atoms. The maximum absolute atomic E-state index is 11.0. The molecule has 0 aliphatic carbocycles. The molecule has 1 aliphatic rings. The zero-order chi connectivity index (χ0) is 7.68. The van der Waals surface area contributed by atoms with Crippen LogP contribution in [0.25, 0.3) is 0 Å². The van der Waals surface area contributed by atoms with Gasteiger partial charge >= 0.3 is 5.56 Å². The van der Waals surface area contributed by atoms with E-state index in [4.69, 9.17) is 4.74 Å². The Hall–Kier alpha value is -1.52. The molecule has 1 aliphatic heterocycles. The summed E-state index contributed by atoms with van der Waals surface area (Å²) in [4.78, 5) is 11.0. The van der Waals surface area contributed by atoms with Crippen molar-refractivity contribution in [2.24, 2.45) is 0 Å². The van der Waals surface area contributed by atoms with Crippen molar-refractivity contribution in [3.8, 4) is 5.75 Å². The van der Waals surface area contributed by atoms with Gasteiger partial charge in [-0.05, 0) is 0 Å². The number of hydrogen-bond acceptors (Lipinski definition) is 4. The standard InChI is InChI=1S/C6H6N3O2/c10-6-5-4(3-8-9-6)7-1-2-11-5/h2-3,7H,1H2,(H,9,10). The van der Waals surface area contributed by atoms with E-state index in [1.807, 2.05) is 0 Å². The van der Waals surface area contributed by atoms with Crippen molar-refractivity contribution in [3.63, 3.8) is 0 Å². The average Bonchev–Trinajstić information content (AvgIpc) is 2.06. The highest BCUT2D eigenvalue weighted by molar-refractivity contribution is 5.54.